The molecule has 0 amide bonds. The Balaban J connectivity index is 1.50. The predicted molar refractivity (Wildman–Crippen MR) is 114 cm³/mol. The Hall–Kier alpha value is -3.09. The Bertz CT molecular complexity index is 919. The second-order valence-corrected chi connectivity index (χ2v) is 6.85. The van der Waals surface area contributed by atoms with Crippen LogP contribution in [0.4, 0.5) is 0 Å². The molecule has 0 atom stereocenters. The normalized spacial score (nSPS) is 11.7. The maximum atomic E-state index is 5.62. The van der Waals surface area contributed by atoms with Crippen molar-refractivity contribution in [2.75, 3.05) is 13.6 Å². The molecule has 0 aliphatic rings. The lowest BCUT2D eigenvalue weighted by Crippen LogP contribution is -2.38. The van der Waals surface area contributed by atoms with E-state index in [1.165, 1.54) is 5.56 Å². The molecule has 2 aromatic heterocycles. The molecule has 7 nitrogen and oxygen atoms in total. The SMILES string of the molecule is CCc1noc(CC)c1CNC(=NC)NCCc1coc(-c2ccc(C)cc2)n1. The summed E-state index contributed by atoms with van der Waals surface area (Å²) < 4.78 is 11.0. The fourth-order valence-electron chi connectivity index (χ4n) is 3.09. The maximum absolute atomic E-state index is 5.62. The van der Waals surface area contributed by atoms with Crippen LogP contribution in [-0.4, -0.2) is 29.7 Å². The lowest BCUT2D eigenvalue weighted by molar-refractivity contribution is 0.380. The van der Waals surface area contributed by atoms with Gasteiger partial charge >= 0.3 is 0 Å². The number of guanidine groups is 1. The van der Waals surface area contributed by atoms with Crippen LogP contribution >= 0.6 is 0 Å². The van der Waals surface area contributed by atoms with Gasteiger partial charge in [0.15, 0.2) is 5.96 Å². The number of hydrogen-bond acceptors (Lipinski definition) is 5. The molecular weight excluding hydrogens is 366 g/mol. The van der Waals surface area contributed by atoms with Gasteiger partial charge in [0, 0.05) is 44.1 Å². The minimum atomic E-state index is 0.636. The third kappa shape index (κ3) is 5.25. The van der Waals surface area contributed by atoms with Crippen molar-refractivity contribution in [1.29, 1.82) is 0 Å². The Morgan fingerprint density at radius 2 is 1.90 bits per heavy atom. The Kier molecular flexibility index (Phi) is 7.05. The van der Waals surface area contributed by atoms with Gasteiger partial charge in [-0.05, 0) is 25.5 Å². The molecule has 29 heavy (non-hydrogen) atoms. The first-order valence-electron chi connectivity index (χ1n) is 10.1. The largest absolute Gasteiger partial charge is 0.444 e. The van der Waals surface area contributed by atoms with Crippen LogP contribution < -0.4 is 10.6 Å². The molecule has 7 heteroatoms. The summed E-state index contributed by atoms with van der Waals surface area (Å²) in [5, 5.41) is 10.8. The number of benzene rings is 1. The van der Waals surface area contributed by atoms with E-state index in [4.69, 9.17) is 8.94 Å². The summed E-state index contributed by atoms with van der Waals surface area (Å²) in [5.74, 6) is 2.31. The van der Waals surface area contributed by atoms with Gasteiger partial charge in [-0.2, -0.15) is 0 Å². The summed E-state index contributed by atoms with van der Waals surface area (Å²) in [4.78, 5) is 8.87. The van der Waals surface area contributed by atoms with Gasteiger partial charge in [-0.25, -0.2) is 4.98 Å². The highest BCUT2D eigenvalue weighted by Gasteiger charge is 2.13. The van der Waals surface area contributed by atoms with Crippen LogP contribution in [0.15, 0.2) is 44.5 Å². The molecule has 0 saturated heterocycles. The lowest BCUT2D eigenvalue weighted by Gasteiger charge is -2.11. The van der Waals surface area contributed by atoms with Crippen molar-refractivity contribution in [3.05, 3.63) is 58.8 Å². The first-order chi connectivity index (χ1) is 14.1. The number of aromatic nitrogens is 2. The van der Waals surface area contributed by atoms with Crippen LogP contribution in [-0.2, 0) is 25.8 Å². The number of rotatable bonds is 8. The monoisotopic (exact) mass is 395 g/mol. The van der Waals surface area contributed by atoms with Crippen LogP contribution in [0.5, 0.6) is 0 Å². The lowest BCUT2D eigenvalue weighted by atomic mass is 10.1. The fraction of sp³-hybridized carbons (Fsp3) is 0.409. The van der Waals surface area contributed by atoms with Crippen LogP contribution in [0.3, 0.4) is 0 Å². The van der Waals surface area contributed by atoms with Crippen LogP contribution in [0.1, 0.15) is 42.1 Å². The van der Waals surface area contributed by atoms with Gasteiger partial charge in [0.25, 0.3) is 0 Å². The quantitative estimate of drug-likeness (QED) is 0.447. The highest BCUT2D eigenvalue weighted by Crippen LogP contribution is 2.19. The molecule has 1 aromatic carbocycles. The van der Waals surface area contributed by atoms with Crippen molar-refractivity contribution < 1.29 is 8.94 Å². The Labute approximate surface area is 171 Å². The molecule has 154 valence electrons. The van der Waals surface area contributed by atoms with Crippen molar-refractivity contribution in [3.8, 4) is 11.5 Å². The summed E-state index contributed by atoms with van der Waals surface area (Å²) in [7, 11) is 1.76. The molecule has 0 saturated carbocycles. The first kappa shape index (κ1) is 20.6. The minimum absolute atomic E-state index is 0.636. The summed E-state index contributed by atoms with van der Waals surface area (Å²) in [6.45, 7) is 7.55. The second kappa shape index (κ2) is 9.91. The molecule has 0 aliphatic heterocycles. The summed E-state index contributed by atoms with van der Waals surface area (Å²) in [6.07, 6.45) is 4.13. The predicted octanol–water partition coefficient (Wildman–Crippen LogP) is 3.67. The molecule has 2 heterocycles. The number of nitrogens with zero attached hydrogens (tertiary/aromatic N) is 3. The highest BCUT2D eigenvalue weighted by molar-refractivity contribution is 5.79. The Morgan fingerprint density at radius 1 is 1.10 bits per heavy atom. The molecule has 0 fully saturated rings. The van der Waals surface area contributed by atoms with E-state index in [2.05, 4.69) is 58.7 Å². The zero-order valence-corrected chi connectivity index (χ0v) is 17.6. The molecule has 3 aromatic rings. The summed E-state index contributed by atoms with van der Waals surface area (Å²) in [6, 6.07) is 8.16. The number of aliphatic imine (C=N–C) groups is 1. The van der Waals surface area contributed by atoms with Gasteiger partial charge in [0.1, 0.15) is 12.0 Å². The van der Waals surface area contributed by atoms with Gasteiger partial charge in [0.2, 0.25) is 5.89 Å². The fourth-order valence-corrected chi connectivity index (χ4v) is 3.09. The van der Waals surface area contributed by atoms with Crippen molar-refractivity contribution >= 4 is 5.96 Å². The van der Waals surface area contributed by atoms with Crippen LogP contribution in [0.2, 0.25) is 0 Å². The number of nitrogens with one attached hydrogen (secondary N) is 2. The van der Waals surface area contributed by atoms with E-state index in [0.29, 0.717) is 19.0 Å². The van der Waals surface area contributed by atoms with Crippen molar-refractivity contribution in [2.24, 2.45) is 4.99 Å². The third-order valence-electron chi connectivity index (χ3n) is 4.79. The molecule has 3 rings (SSSR count). The van der Waals surface area contributed by atoms with Crippen molar-refractivity contribution in [3.63, 3.8) is 0 Å². The van der Waals surface area contributed by atoms with Crippen molar-refractivity contribution in [1.82, 2.24) is 20.8 Å². The topological polar surface area (TPSA) is 88.5 Å². The van der Waals surface area contributed by atoms with Gasteiger partial charge < -0.3 is 19.6 Å². The van der Waals surface area contributed by atoms with Gasteiger partial charge in [-0.3, -0.25) is 4.99 Å². The van der Waals surface area contributed by atoms with E-state index in [9.17, 15) is 0 Å². The molecule has 0 aliphatic carbocycles. The zero-order valence-electron chi connectivity index (χ0n) is 17.6. The first-order valence-corrected chi connectivity index (χ1v) is 10.1. The molecule has 0 bridgehead atoms. The summed E-state index contributed by atoms with van der Waals surface area (Å²) in [5.41, 5.74) is 5.23. The Morgan fingerprint density at radius 3 is 2.59 bits per heavy atom. The average molecular weight is 396 g/mol. The van der Waals surface area contributed by atoms with Gasteiger partial charge in [-0.1, -0.05) is 36.7 Å². The molecule has 0 radical (unpaired) electrons. The van der Waals surface area contributed by atoms with Gasteiger partial charge in [0.05, 0.1) is 11.4 Å². The second-order valence-electron chi connectivity index (χ2n) is 6.85. The van der Waals surface area contributed by atoms with Crippen LogP contribution in [0.25, 0.3) is 11.5 Å². The molecular formula is C22H29N5O2. The minimum Gasteiger partial charge on any atom is -0.444 e. The maximum Gasteiger partial charge on any atom is 0.226 e. The van der Waals surface area contributed by atoms with Gasteiger partial charge in [-0.15, -0.1) is 0 Å². The zero-order chi connectivity index (χ0) is 20.6. The molecule has 0 spiro atoms. The van der Waals surface area contributed by atoms with E-state index < -0.39 is 0 Å². The number of hydrogen-bond donors (Lipinski definition) is 2. The van der Waals surface area contributed by atoms with Crippen LogP contribution in [0, 0.1) is 6.92 Å². The van der Waals surface area contributed by atoms with E-state index in [1.54, 1.807) is 13.3 Å². The van der Waals surface area contributed by atoms with E-state index in [1.807, 2.05) is 12.1 Å². The highest BCUT2D eigenvalue weighted by atomic mass is 16.5. The third-order valence-corrected chi connectivity index (χ3v) is 4.79. The van der Waals surface area contributed by atoms with Crippen molar-refractivity contribution in [2.45, 2.75) is 46.6 Å². The van der Waals surface area contributed by atoms with E-state index >= 15 is 0 Å². The number of oxazole rings is 1. The van der Waals surface area contributed by atoms with E-state index in [-0.39, 0.29) is 0 Å². The number of aryl methyl sites for hydroxylation is 3. The smallest absolute Gasteiger partial charge is 0.226 e. The van der Waals surface area contributed by atoms with E-state index in [0.717, 1.165) is 53.5 Å². The molecule has 2 N–H and O–H groups in total. The standard InChI is InChI=1S/C22H29N5O2/c1-5-19-18(20(6-2)29-27-19)13-25-22(23-4)24-12-11-17-14-28-21(26-17)16-9-7-15(3)8-10-16/h7-10,14H,5-6,11-13H2,1-4H3,(H2,23,24,25). The average Bonchev–Trinajstić information content (AvgIpc) is 3.37. The summed E-state index contributed by atoms with van der Waals surface area (Å²) >= 11 is 0. The molecule has 0 unspecified atom stereocenters.